The zero-order valence-electron chi connectivity index (χ0n) is 9.34. The van der Waals surface area contributed by atoms with E-state index in [4.69, 9.17) is 5.11 Å². The Balaban J connectivity index is 2.87. The molecule has 0 atom stereocenters. The first-order valence-electron chi connectivity index (χ1n) is 4.89. The van der Waals surface area contributed by atoms with E-state index in [1.807, 2.05) is 5.32 Å². The molecule has 0 saturated heterocycles. The fourth-order valence-electron chi connectivity index (χ4n) is 1.27. The monoisotopic (exact) mass is 261 g/mol. The summed E-state index contributed by atoms with van der Waals surface area (Å²) in [5, 5.41) is 10.8. The molecule has 4 nitrogen and oxygen atoms in total. The van der Waals surface area contributed by atoms with Gasteiger partial charge in [-0.05, 0) is 24.6 Å². The van der Waals surface area contributed by atoms with Gasteiger partial charge in [-0.25, -0.2) is 4.79 Å². The van der Waals surface area contributed by atoms with E-state index in [0.717, 1.165) is 6.07 Å². The first kappa shape index (κ1) is 14.0. The zero-order valence-corrected chi connectivity index (χ0v) is 9.34. The van der Waals surface area contributed by atoms with Crippen molar-refractivity contribution in [1.29, 1.82) is 0 Å². The van der Waals surface area contributed by atoms with Gasteiger partial charge >= 0.3 is 12.1 Å². The number of aryl methyl sites for hydroxylation is 1. The zero-order chi connectivity index (χ0) is 13.9. The van der Waals surface area contributed by atoms with Crippen LogP contribution in [0.2, 0.25) is 0 Å². The standard InChI is InChI=1S/C11H10F3NO3/c1-6-2-3-7(10(17)18)4-8(6)15-9(16)5-11(12,13)14/h2-4H,5H2,1H3,(H,15,16)(H,17,18). The van der Waals surface area contributed by atoms with E-state index < -0.39 is 24.5 Å². The lowest BCUT2D eigenvalue weighted by atomic mass is 10.1. The summed E-state index contributed by atoms with van der Waals surface area (Å²) < 4.78 is 35.9. The number of carbonyl (C=O) groups excluding carboxylic acids is 1. The number of amides is 1. The summed E-state index contributed by atoms with van der Waals surface area (Å²) in [7, 11) is 0. The highest BCUT2D eigenvalue weighted by Gasteiger charge is 2.31. The van der Waals surface area contributed by atoms with Gasteiger partial charge in [-0.2, -0.15) is 13.2 Å². The molecule has 18 heavy (non-hydrogen) atoms. The molecule has 98 valence electrons. The van der Waals surface area contributed by atoms with E-state index in [-0.39, 0.29) is 11.3 Å². The second-order valence-corrected chi connectivity index (χ2v) is 3.67. The number of carbonyl (C=O) groups is 2. The van der Waals surface area contributed by atoms with Gasteiger partial charge in [-0.3, -0.25) is 4.79 Å². The molecule has 0 unspecified atom stereocenters. The number of benzene rings is 1. The Morgan fingerprint density at radius 1 is 1.33 bits per heavy atom. The van der Waals surface area contributed by atoms with Crippen LogP contribution < -0.4 is 5.32 Å². The number of anilines is 1. The first-order valence-corrected chi connectivity index (χ1v) is 4.89. The number of carboxylic acids is 1. The largest absolute Gasteiger partial charge is 0.478 e. The number of carboxylic acid groups (broad SMARTS) is 1. The van der Waals surface area contributed by atoms with Crippen molar-refractivity contribution >= 4 is 17.6 Å². The highest BCUT2D eigenvalue weighted by atomic mass is 19.4. The molecule has 0 aliphatic rings. The van der Waals surface area contributed by atoms with E-state index in [1.54, 1.807) is 6.92 Å². The lowest BCUT2D eigenvalue weighted by Crippen LogP contribution is -2.21. The fourth-order valence-corrected chi connectivity index (χ4v) is 1.27. The number of hydrogen-bond donors (Lipinski definition) is 2. The average Bonchev–Trinajstić information content (AvgIpc) is 2.18. The van der Waals surface area contributed by atoms with Crippen LogP contribution in [0.4, 0.5) is 18.9 Å². The number of halogens is 3. The third-order valence-electron chi connectivity index (χ3n) is 2.12. The summed E-state index contributed by atoms with van der Waals surface area (Å²) in [5.74, 6) is -2.45. The maximum Gasteiger partial charge on any atom is 0.397 e. The van der Waals surface area contributed by atoms with E-state index in [0.29, 0.717) is 5.56 Å². The molecule has 0 aliphatic heterocycles. The summed E-state index contributed by atoms with van der Waals surface area (Å²) in [6.45, 7) is 1.55. The van der Waals surface area contributed by atoms with Crippen LogP contribution in [0.1, 0.15) is 22.3 Å². The molecule has 0 fully saturated rings. The molecule has 2 N–H and O–H groups in total. The van der Waals surface area contributed by atoms with Crippen molar-refractivity contribution in [2.24, 2.45) is 0 Å². The Morgan fingerprint density at radius 2 is 1.94 bits per heavy atom. The summed E-state index contributed by atoms with van der Waals surface area (Å²) in [4.78, 5) is 21.8. The molecule has 7 heteroatoms. The van der Waals surface area contributed by atoms with Gasteiger partial charge in [0, 0.05) is 5.69 Å². The first-order chi connectivity index (χ1) is 8.19. The maximum atomic E-state index is 12.0. The molecular formula is C11H10F3NO3. The Hall–Kier alpha value is -2.05. The topological polar surface area (TPSA) is 66.4 Å². The number of rotatable bonds is 3. The summed E-state index contributed by atoms with van der Waals surface area (Å²) in [5.41, 5.74) is 0.433. The van der Waals surface area contributed by atoms with Crippen LogP contribution in [0, 0.1) is 6.92 Å². The van der Waals surface area contributed by atoms with Crippen molar-refractivity contribution in [3.63, 3.8) is 0 Å². The molecule has 0 radical (unpaired) electrons. The van der Waals surface area contributed by atoms with Gasteiger partial charge < -0.3 is 10.4 Å². The third kappa shape index (κ3) is 4.08. The van der Waals surface area contributed by atoms with E-state index in [1.165, 1.54) is 12.1 Å². The van der Waals surface area contributed by atoms with Gasteiger partial charge in [0.05, 0.1) is 5.56 Å². The van der Waals surface area contributed by atoms with E-state index in [9.17, 15) is 22.8 Å². The highest BCUT2D eigenvalue weighted by Crippen LogP contribution is 2.22. The Kier molecular flexibility index (Phi) is 3.95. The number of nitrogens with one attached hydrogen (secondary N) is 1. The van der Waals surface area contributed by atoms with E-state index >= 15 is 0 Å². The van der Waals surface area contributed by atoms with Crippen LogP contribution in [-0.4, -0.2) is 23.2 Å². The van der Waals surface area contributed by atoms with Gasteiger partial charge in [0.15, 0.2) is 0 Å². The second kappa shape index (κ2) is 5.07. The predicted molar refractivity (Wildman–Crippen MR) is 57.4 cm³/mol. The molecule has 1 aromatic carbocycles. The quantitative estimate of drug-likeness (QED) is 0.878. The van der Waals surface area contributed by atoms with Crippen LogP contribution in [-0.2, 0) is 4.79 Å². The number of aromatic carboxylic acids is 1. The van der Waals surface area contributed by atoms with Gasteiger partial charge in [0.1, 0.15) is 6.42 Å². The molecule has 1 rings (SSSR count). The fraction of sp³-hybridized carbons (Fsp3) is 0.273. The Bertz CT molecular complexity index is 483. The molecule has 0 bridgehead atoms. The minimum Gasteiger partial charge on any atom is -0.478 e. The van der Waals surface area contributed by atoms with Crippen molar-refractivity contribution in [3.05, 3.63) is 29.3 Å². The van der Waals surface area contributed by atoms with Crippen LogP contribution in [0.3, 0.4) is 0 Å². The lowest BCUT2D eigenvalue weighted by molar-refractivity contribution is -0.150. The molecule has 0 heterocycles. The van der Waals surface area contributed by atoms with Crippen molar-refractivity contribution in [1.82, 2.24) is 0 Å². The minimum absolute atomic E-state index is 0.0594. The molecule has 1 aromatic rings. The molecule has 0 saturated carbocycles. The lowest BCUT2D eigenvalue weighted by Gasteiger charge is -2.10. The van der Waals surface area contributed by atoms with Crippen molar-refractivity contribution in [2.45, 2.75) is 19.5 Å². The van der Waals surface area contributed by atoms with Crippen LogP contribution in [0.25, 0.3) is 0 Å². The smallest absolute Gasteiger partial charge is 0.397 e. The summed E-state index contributed by atoms with van der Waals surface area (Å²) in [6, 6.07) is 3.83. The minimum atomic E-state index is -4.59. The van der Waals surface area contributed by atoms with Gasteiger partial charge in [0.2, 0.25) is 5.91 Å². The molecular weight excluding hydrogens is 251 g/mol. The predicted octanol–water partition coefficient (Wildman–Crippen LogP) is 2.58. The Morgan fingerprint density at radius 3 is 2.44 bits per heavy atom. The van der Waals surface area contributed by atoms with E-state index in [2.05, 4.69) is 0 Å². The highest BCUT2D eigenvalue weighted by molar-refractivity contribution is 5.94. The maximum absolute atomic E-state index is 12.0. The van der Waals surface area contributed by atoms with Gasteiger partial charge in [0.25, 0.3) is 0 Å². The molecule has 0 aliphatic carbocycles. The van der Waals surface area contributed by atoms with Gasteiger partial charge in [-0.15, -0.1) is 0 Å². The molecule has 1 amide bonds. The third-order valence-corrected chi connectivity index (χ3v) is 2.12. The molecule has 0 spiro atoms. The normalized spacial score (nSPS) is 11.1. The van der Waals surface area contributed by atoms with Crippen molar-refractivity contribution in [2.75, 3.05) is 5.32 Å². The van der Waals surface area contributed by atoms with Crippen LogP contribution in [0.15, 0.2) is 18.2 Å². The summed E-state index contributed by atoms with van der Waals surface area (Å²) in [6.07, 6.45) is -6.20. The van der Waals surface area contributed by atoms with Crippen LogP contribution >= 0.6 is 0 Å². The Labute approximate surface area is 100 Å². The number of hydrogen-bond acceptors (Lipinski definition) is 2. The molecule has 0 aromatic heterocycles. The van der Waals surface area contributed by atoms with Crippen LogP contribution in [0.5, 0.6) is 0 Å². The average molecular weight is 261 g/mol. The van der Waals surface area contributed by atoms with Crippen molar-refractivity contribution < 1.29 is 27.9 Å². The SMILES string of the molecule is Cc1ccc(C(=O)O)cc1NC(=O)CC(F)(F)F. The number of alkyl halides is 3. The van der Waals surface area contributed by atoms with Crippen molar-refractivity contribution in [3.8, 4) is 0 Å². The second-order valence-electron chi connectivity index (χ2n) is 3.67. The van der Waals surface area contributed by atoms with Gasteiger partial charge in [-0.1, -0.05) is 6.07 Å². The summed E-state index contributed by atoms with van der Waals surface area (Å²) >= 11 is 0.